The second kappa shape index (κ2) is 5.07. The third kappa shape index (κ3) is 2.45. The Morgan fingerprint density at radius 1 is 1.41 bits per heavy atom. The van der Waals surface area contributed by atoms with Crippen molar-refractivity contribution in [2.75, 3.05) is 11.9 Å². The molecule has 1 aliphatic rings. The average Bonchev–Trinajstić information content (AvgIpc) is 2.57. The second-order valence-corrected chi connectivity index (χ2v) is 4.92. The SMILES string of the molecule is CC1C(=O)Nc2c(CCCCN)cc(Cl)cc21. The Morgan fingerprint density at radius 2 is 2.18 bits per heavy atom. The van der Waals surface area contributed by atoms with Crippen LogP contribution >= 0.6 is 11.6 Å². The van der Waals surface area contributed by atoms with Gasteiger partial charge in [-0.3, -0.25) is 4.79 Å². The van der Waals surface area contributed by atoms with Crippen molar-refractivity contribution >= 4 is 23.2 Å². The Labute approximate surface area is 106 Å². The van der Waals surface area contributed by atoms with Crippen molar-refractivity contribution in [3.8, 4) is 0 Å². The molecule has 17 heavy (non-hydrogen) atoms. The average molecular weight is 253 g/mol. The van der Waals surface area contributed by atoms with Crippen LogP contribution in [0.4, 0.5) is 5.69 Å². The molecule has 1 aromatic carbocycles. The number of benzene rings is 1. The van der Waals surface area contributed by atoms with E-state index in [1.165, 1.54) is 0 Å². The summed E-state index contributed by atoms with van der Waals surface area (Å²) in [5.41, 5.74) is 8.59. The van der Waals surface area contributed by atoms with E-state index in [1.54, 1.807) is 0 Å². The minimum absolute atomic E-state index is 0.0577. The molecule has 0 saturated carbocycles. The predicted octanol–water partition coefficient (Wildman–Crippen LogP) is 2.68. The molecule has 0 saturated heterocycles. The molecule has 0 spiro atoms. The fourth-order valence-electron chi connectivity index (χ4n) is 2.21. The lowest BCUT2D eigenvalue weighted by atomic mass is 9.98. The van der Waals surface area contributed by atoms with Gasteiger partial charge in [0.15, 0.2) is 0 Å². The van der Waals surface area contributed by atoms with Gasteiger partial charge in [0.2, 0.25) is 5.91 Å². The Hall–Kier alpha value is -1.06. The number of nitrogens with one attached hydrogen (secondary N) is 1. The van der Waals surface area contributed by atoms with Crippen molar-refractivity contribution < 1.29 is 4.79 Å². The first-order chi connectivity index (χ1) is 8.13. The minimum atomic E-state index is -0.100. The van der Waals surface area contributed by atoms with Crippen LogP contribution in [0.25, 0.3) is 0 Å². The van der Waals surface area contributed by atoms with Crippen LogP contribution < -0.4 is 11.1 Å². The van der Waals surface area contributed by atoms with Crippen LogP contribution in [0.15, 0.2) is 12.1 Å². The molecule has 0 radical (unpaired) electrons. The van der Waals surface area contributed by atoms with E-state index in [0.29, 0.717) is 11.6 Å². The molecular formula is C13H17ClN2O. The minimum Gasteiger partial charge on any atom is -0.330 e. The van der Waals surface area contributed by atoms with Crippen molar-refractivity contribution in [2.24, 2.45) is 5.73 Å². The molecule has 1 aliphatic heterocycles. The number of carbonyl (C=O) groups excluding carboxylic acids is 1. The molecule has 1 amide bonds. The Bertz CT molecular complexity index is 445. The number of rotatable bonds is 4. The topological polar surface area (TPSA) is 55.1 Å². The highest BCUT2D eigenvalue weighted by molar-refractivity contribution is 6.31. The molecule has 0 bridgehead atoms. The zero-order chi connectivity index (χ0) is 12.4. The van der Waals surface area contributed by atoms with Crippen molar-refractivity contribution in [1.82, 2.24) is 0 Å². The molecule has 1 heterocycles. The molecule has 92 valence electrons. The molecular weight excluding hydrogens is 236 g/mol. The highest BCUT2D eigenvalue weighted by Gasteiger charge is 2.28. The highest BCUT2D eigenvalue weighted by Crippen LogP contribution is 2.37. The fourth-order valence-corrected chi connectivity index (χ4v) is 2.46. The fraction of sp³-hybridized carbons (Fsp3) is 0.462. The van der Waals surface area contributed by atoms with Gasteiger partial charge in [0, 0.05) is 10.7 Å². The molecule has 2 rings (SSSR count). The van der Waals surface area contributed by atoms with Crippen LogP contribution in [-0.2, 0) is 11.2 Å². The smallest absolute Gasteiger partial charge is 0.231 e. The summed E-state index contributed by atoms with van der Waals surface area (Å²) in [5.74, 6) is -0.0423. The standard InChI is InChI=1S/C13H17ClN2O/c1-8-11-7-10(14)6-9(4-2-3-5-15)12(11)16-13(8)17/h6-8H,2-5,15H2,1H3,(H,16,17). The molecule has 1 atom stereocenters. The van der Waals surface area contributed by atoms with E-state index >= 15 is 0 Å². The van der Waals surface area contributed by atoms with Gasteiger partial charge in [0.25, 0.3) is 0 Å². The summed E-state index contributed by atoms with van der Waals surface area (Å²) in [6.45, 7) is 2.60. The largest absolute Gasteiger partial charge is 0.330 e. The van der Waals surface area contributed by atoms with E-state index in [4.69, 9.17) is 17.3 Å². The van der Waals surface area contributed by atoms with Gasteiger partial charge in [-0.25, -0.2) is 0 Å². The van der Waals surface area contributed by atoms with E-state index in [2.05, 4.69) is 5.32 Å². The zero-order valence-corrected chi connectivity index (χ0v) is 10.7. The molecule has 0 fully saturated rings. The van der Waals surface area contributed by atoms with E-state index in [0.717, 1.165) is 36.1 Å². The number of fused-ring (bicyclic) bond motifs is 1. The lowest BCUT2D eigenvalue weighted by Crippen LogP contribution is -2.09. The summed E-state index contributed by atoms with van der Waals surface area (Å²) in [5, 5.41) is 3.64. The number of hydrogen-bond donors (Lipinski definition) is 2. The number of unbranched alkanes of at least 4 members (excludes halogenated alkanes) is 1. The first-order valence-electron chi connectivity index (χ1n) is 5.96. The van der Waals surface area contributed by atoms with Crippen molar-refractivity contribution in [1.29, 1.82) is 0 Å². The molecule has 1 unspecified atom stereocenters. The third-order valence-corrected chi connectivity index (χ3v) is 3.44. The zero-order valence-electron chi connectivity index (χ0n) is 9.92. The van der Waals surface area contributed by atoms with Crippen LogP contribution in [0.2, 0.25) is 5.02 Å². The first-order valence-corrected chi connectivity index (χ1v) is 6.34. The Morgan fingerprint density at radius 3 is 2.88 bits per heavy atom. The second-order valence-electron chi connectivity index (χ2n) is 4.49. The summed E-state index contributed by atoms with van der Waals surface area (Å²) in [7, 11) is 0. The van der Waals surface area contributed by atoms with Gasteiger partial charge in [0.05, 0.1) is 5.92 Å². The van der Waals surface area contributed by atoms with Crippen LogP contribution in [0.5, 0.6) is 0 Å². The van der Waals surface area contributed by atoms with Gasteiger partial charge in [-0.1, -0.05) is 11.6 Å². The molecule has 1 aromatic rings. The van der Waals surface area contributed by atoms with E-state index in [1.807, 2.05) is 19.1 Å². The number of anilines is 1. The van der Waals surface area contributed by atoms with Gasteiger partial charge in [-0.15, -0.1) is 0 Å². The molecule has 3 N–H and O–H groups in total. The van der Waals surface area contributed by atoms with Crippen LogP contribution in [0.3, 0.4) is 0 Å². The highest BCUT2D eigenvalue weighted by atomic mass is 35.5. The number of halogens is 1. The Kier molecular flexibility index (Phi) is 3.69. The van der Waals surface area contributed by atoms with Crippen LogP contribution in [-0.4, -0.2) is 12.5 Å². The van der Waals surface area contributed by atoms with E-state index in [9.17, 15) is 4.79 Å². The summed E-state index contributed by atoms with van der Waals surface area (Å²) < 4.78 is 0. The molecule has 3 nitrogen and oxygen atoms in total. The van der Waals surface area contributed by atoms with E-state index < -0.39 is 0 Å². The maximum atomic E-state index is 11.7. The molecule has 4 heteroatoms. The van der Waals surface area contributed by atoms with Crippen LogP contribution in [0, 0.1) is 0 Å². The first kappa shape index (κ1) is 12.4. The number of hydrogen-bond acceptors (Lipinski definition) is 2. The number of amides is 1. The quantitative estimate of drug-likeness (QED) is 0.810. The van der Waals surface area contributed by atoms with E-state index in [-0.39, 0.29) is 11.8 Å². The maximum absolute atomic E-state index is 11.7. The van der Waals surface area contributed by atoms with Crippen LogP contribution in [0.1, 0.15) is 36.8 Å². The third-order valence-electron chi connectivity index (χ3n) is 3.22. The van der Waals surface area contributed by atoms with Crippen molar-refractivity contribution in [3.63, 3.8) is 0 Å². The molecule has 0 aliphatic carbocycles. The summed E-state index contributed by atoms with van der Waals surface area (Å²) in [6, 6.07) is 3.82. The normalized spacial score (nSPS) is 18.1. The summed E-state index contributed by atoms with van der Waals surface area (Å²) in [4.78, 5) is 11.7. The van der Waals surface area contributed by atoms with Gasteiger partial charge in [0.1, 0.15) is 0 Å². The van der Waals surface area contributed by atoms with Crippen molar-refractivity contribution in [3.05, 3.63) is 28.3 Å². The van der Waals surface area contributed by atoms with Crippen molar-refractivity contribution in [2.45, 2.75) is 32.1 Å². The lowest BCUT2D eigenvalue weighted by Gasteiger charge is -2.09. The number of aryl methyl sites for hydroxylation is 1. The van der Waals surface area contributed by atoms with Gasteiger partial charge in [-0.2, -0.15) is 0 Å². The van der Waals surface area contributed by atoms with Gasteiger partial charge < -0.3 is 11.1 Å². The lowest BCUT2D eigenvalue weighted by molar-refractivity contribution is -0.116. The maximum Gasteiger partial charge on any atom is 0.231 e. The molecule has 0 aromatic heterocycles. The predicted molar refractivity (Wildman–Crippen MR) is 70.5 cm³/mol. The Balaban J connectivity index is 2.28. The number of nitrogens with two attached hydrogens (primary N) is 1. The number of carbonyl (C=O) groups is 1. The summed E-state index contributed by atoms with van der Waals surface area (Å²) >= 11 is 6.09. The monoisotopic (exact) mass is 252 g/mol. The summed E-state index contributed by atoms with van der Waals surface area (Å²) in [6.07, 6.45) is 2.92. The van der Waals surface area contributed by atoms with Gasteiger partial charge in [-0.05, 0) is 56.0 Å². The van der Waals surface area contributed by atoms with Gasteiger partial charge >= 0.3 is 0 Å².